The van der Waals surface area contributed by atoms with Crippen molar-refractivity contribution in [2.75, 3.05) is 14.1 Å². The summed E-state index contributed by atoms with van der Waals surface area (Å²) in [6.07, 6.45) is 34.8. The van der Waals surface area contributed by atoms with E-state index >= 15 is 0 Å². The van der Waals surface area contributed by atoms with Gasteiger partial charge in [-0.2, -0.15) is 0 Å². The number of hydrogen-bond donors (Lipinski definition) is 0. The van der Waals surface area contributed by atoms with Gasteiger partial charge in [0.25, 0.3) is 0 Å². The van der Waals surface area contributed by atoms with Crippen LogP contribution in [0.5, 0.6) is 0 Å². The highest BCUT2D eigenvalue weighted by molar-refractivity contribution is 5.85. The second-order valence-corrected chi connectivity index (χ2v) is 10.3. The van der Waals surface area contributed by atoms with Crippen LogP contribution < -0.4 is 0 Å². The van der Waals surface area contributed by atoms with Gasteiger partial charge in [-0.15, -0.1) is 12.4 Å². The Balaban J connectivity index is 0. The van der Waals surface area contributed by atoms with Crippen LogP contribution >= 0.6 is 12.4 Å². The van der Waals surface area contributed by atoms with E-state index in [0.29, 0.717) is 0 Å². The second kappa shape index (κ2) is 28.3. The summed E-state index contributed by atoms with van der Waals surface area (Å²) in [6, 6.07) is 0.821. The molecule has 0 aromatic heterocycles. The van der Waals surface area contributed by atoms with E-state index in [1.165, 1.54) is 154 Å². The minimum absolute atomic E-state index is 0. The lowest BCUT2D eigenvalue weighted by molar-refractivity contribution is 0.251. The van der Waals surface area contributed by atoms with E-state index in [9.17, 15) is 0 Å². The molecule has 0 radical (unpaired) electrons. The van der Waals surface area contributed by atoms with Crippen molar-refractivity contribution in [3.8, 4) is 0 Å². The first-order valence-corrected chi connectivity index (χ1v) is 14.4. The minimum atomic E-state index is 0. The minimum Gasteiger partial charge on any atom is -0.306 e. The molecule has 0 saturated heterocycles. The van der Waals surface area contributed by atoms with Gasteiger partial charge < -0.3 is 4.90 Å². The first-order chi connectivity index (χ1) is 14.7. The Morgan fingerprint density at radius 3 is 0.839 bits per heavy atom. The molecule has 190 valence electrons. The highest BCUT2D eigenvalue weighted by Crippen LogP contribution is 2.18. The smallest absolute Gasteiger partial charge is 0.00891 e. The van der Waals surface area contributed by atoms with E-state index in [1.54, 1.807) is 0 Å². The molecule has 0 spiro atoms. The maximum atomic E-state index is 2.49. The normalized spacial score (nSPS) is 11.4. The van der Waals surface area contributed by atoms with E-state index in [1.807, 2.05) is 0 Å². The molecule has 0 aliphatic heterocycles. The van der Waals surface area contributed by atoms with Crippen LogP contribution in [-0.2, 0) is 0 Å². The predicted octanol–water partition coefficient (Wildman–Crippen LogP) is 10.7. The van der Waals surface area contributed by atoms with E-state index in [0.717, 1.165) is 6.04 Å². The SMILES string of the molecule is CCCCCCCCCCCCCC(CCCCCCCCCCCCC)N(C)C.Cl. The molecular formula is C29H62ClN. The fourth-order valence-corrected chi connectivity index (χ4v) is 4.75. The van der Waals surface area contributed by atoms with Gasteiger partial charge in [-0.3, -0.25) is 0 Å². The van der Waals surface area contributed by atoms with E-state index in [2.05, 4.69) is 32.8 Å². The number of rotatable bonds is 25. The summed E-state index contributed by atoms with van der Waals surface area (Å²) in [6.45, 7) is 4.61. The lowest BCUT2D eigenvalue weighted by Crippen LogP contribution is -2.27. The number of unbranched alkanes of at least 4 members (excludes halogenated alkanes) is 20. The quantitative estimate of drug-likeness (QED) is 0.123. The number of nitrogens with zero attached hydrogens (tertiary/aromatic N) is 1. The molecule has 0 aliphatic carbocycles. The zero-order valence-corrected chi connectivity index (χ0v) is 23.2. The Hall–Kier alpha value is 0.250. The van der Waals surface area contributed by atoms with Crippen molar-refractivity contribution in [3.05, 3.63) is 0 Å². The van der Waals surface area contributed by atoms with Crippen LogP contribution in [0.15, 0.2) is 0 Å². The van der Waals surface area contributed by atoms with Crippen LogP contribution in [-0.4, -0.2) is 25.0 Å². The molecule has 0 aromatic carbocycles. The average Bonchev–Trinajstić information content (AvgIpc) is 2.74. The molecule has 0 aliphatic rings. The summed E-state index contributed by atoms with van der Waals surface area (Å²) in [5, 5.41) is 0. The first kappa shape index (κ1) is 33.4. The Morgan fingerprint density at radius 2 is 0.613 bits per heavy atom. The maximum Gasteiger partial charge on any atom is 0.00891 e. The van der Waals surface area contributed by atoms with Crippen molar-refractivity contribution >= 4 is 12.4 Å². The van der Waals surface area contributed by atoms with E-state index in [4.69, 9.17) is 0 Å². The number of halogens is 1. The molecular weight excluding hydrogens is 398 g/mol. The second-order valence-electron chi connectivity index (χ2n) is 10.3. The van der Waals surface area contributed by atoms with Crippen molar-refractivity contribution in [1.82, 2.24) is 4.90 Å². The topological polar surface area (TPSA) is 3.24 Å². The zero-order valence-electron chi connectivity index (χ0n) is 22.4. The van der Waals surface area contributed by atoms with Crippen LogP contribution in [0, 0.1) is 0 Å². The lowest BCUT2D eigenvalue weighted by Gasteiger charge is -2.24. The molecule has 1 nitrogen and oxygen atoms in total. The van der Waals surface area contributed by atoms with Gasteiger partial charge in [-0.25, -0.2) is 0 Å². The molecule has 0 unspecified atom stereocenters. The largest absolute Gasteiger partial charge is 0.306 e. The van der Waals surface area contributed by atoms with Gasteiger partial charge in [0.2, 0.25) is 0 Å². The Labute approximate surface area is 205 Å². The molecule has 0 heterocycles. The molecule has 31 heavy (non-hydrogen) atoms. The number of hydrogen-bond acceptors (Lipinski definition) is 1. The van der Waals surface area contributed by atoms with E-state index < -0.39 is 0 Å². The highest BCUT2D eigenvalue weighted by atomic mass is 35.5. The predicted molar refractivity (Wildman–Crippen MR) is 147 cm³/mol. The third kappa shape index (κ3) is 26.4. The van der Waals surface area contributed by atoms with Crippen LogP contribution in [0.3, 0.4) is 0 Å². The monoisotopic (exact) mass is 459 g/mol. The summed E-state index contributed by atoms with van der Waals surface area (Å²) >= 11 is 0. The first-order valence-electron chi connectivity index (χ1n) is 14.4. The molecule has 0 rings (SSSR count). The Bertz CT molecular complexity index is 279. The molecule has 0 N–H and O–H groups in total. The van der Waals surface area contributed by atoms with Crippen molar-refractivity contribution in [1.29, 1.82) is 0 Å². The fraction of sp³-hybridized carbons (Fsp3) is 1.00. The summed E-state index contributed by atoms with van der Waals surface area (Å²) in [7, 11) is 4.59. The Morgan fingerprint density at radius 1 is 0.387 bits per heavy atom. The summed E-state index contributed by atoms with van der Waals surface area (Å²) < 4.78 is 0. The Kier molecular flexibility index (Phi) is 30.5. The van der Waals surface area contributed by atoms with Gasteiger partial charge in [-0.05, 0) is 26.9 Å². The van der Waals surface area contributed by atoms with Crippen LogP contribution in [0.2, 0.25) is 0 Å². The van der Waals surface area contributed by atoms with Gasteiger partial charge in [-0.1, -0.05) is 155 Å². The van der Waals surface area contributed by atoms with Crippen molar-refractivity contribution in [2.24, 2.45) is 0 Å². The zero-order chi connectivity index (χ0) is 22.1. The average molecular weight is 460 g/mol. The van der Waals surface area contributed by atoms with Gasteiger partial charge >= 0.3 is 0 Å². The molecule has 2 heteroatoms. The molecule has 0 saturated carbocycles. The maximum absolute atomic E-state index is 2.49. The van der Waals surface area contributed by atoms with Crippen molar-refractivity contribution in [2.45, 2.75) is 174 Å². The molecule has 0 bridgehead atoms. The van der Waals surface area contributed by atoms with Crippen LogP contribution in [0.1, 0.15) is 168 Å². The standard InChI is InChI=1S/C29H61N.ClH/c1-5-7-9-11-13-15-17-19-21-23-25-27-29(30(3)4)28-26-24-22-20-18-16-14-12-10-8-6-2;/h29H,5-28H2,1-4H3;1H. The highest BCUT2D eigenvalue weighted by Gasteiger charge is 2.10. The van der Waals surface area contributed by atoms with Gasteiger partial charge in [0.05, 0.1) is 0 Å². The lowest BCUT2D eigenvalue weighted by atomic mass is 9.99. The van der Waals surface area contributed by atoms with E-state index in [-0.39, 0.29) is 12.4 Å². The van der Waals surface area contributed by atoms with Gasteiger partial charge in [0, 0.05) is 6.04 Å². The van der Waals surface area contributed by atoms with Crippen LogP contribution in [0.4, 0.5) is 0 Å². The summed E-state index contributed by atoms with van der Waals surface area (Å²) in [4.78, 5) is 2.49. The molecule has 0 amide bonds. The van der Waals surface area contributed by atoms with Gasteiger partial charge in [0.15, 0.2) is 0 Å². The van der Waals surface area contributed by atoms with Crippen LogP contribution in [0.25, 0.3) is 0 Å². The van der Waals surface area contributed by atoms with Crippen molar-refractivity contribution < 1.29 is 0 Å². The molecule has 0 atom stereocenters. The van der Waals surface area contributed by atoms with Gasteiger partial charge in [0.1, 0.15) is 0 Å². The third-order valence-electron chi connectivity index (χ3n) is 7.01. The van der Waals surface area contributed by atoms with Crippen molar-refractivity contribution in [3.63, 3.8) is 0 Å². The summed E-state index contributed by atoms with van der Waals surface area (Å²) in [5.74, 6) is 0. The fourth-order valence-electron chi connectivity index (χ4n) is 4.75. The summed E-state index contributed by atoms with van der Waals surface area (Å²) in [5.41, 5.74) is 0. The molecule has 0 aromatic rings. The molecule has 0 fully saturated rings. The third-order valence-corrected chi connectivity index (χ3v) is 7.01.